The zero-order chi connectivity index (χ0) is 41.3. The van der Waals surface area contributed by atoms with E-state index in [1.165, 1.54) is 22.3 Å². The van der Waals surface area contributed by atoms with E-state index in [4.69, 9.17) is 70.9 Å². The van der Waals surface area contributed by atoms with E-state index in [1.54, 1.807) is 0 Å². The summed E-state index contributed by atoms with van der Waals surface area (Å²) in [6.07, 6.45) is 3.96. The molecular formula is C44H46N12S4. The van der Waals surface area contributed by atoms with Gasteiger partial charge in [-0.05, 0) is 47.9 Å². The van der Waals surface area contributed by atoms with E-state index in [9.17, 15) is 0 Å². The van der Waals surface area contributed by atoms with Crippen molar-refractivity contribution in [3.05, 3.63) is 167 Å². The number of thiol groups is 4. The molecule has 0 radical (unpaired) electrons. The van der Waals surface area contributed by atoms with Crippen LogP contribution in [0.15, 0.2) is 142 Å². The Hall–Kier alpha value is -5.16. The smallest absolute Gasteiger partial charge is 0.188 e. The Balaban J connectivity index is 1.23. The third-order valence-corrected chi connectivity index (χ3v) is 12.3. The van der Waals surface area contributed by atoms with Gasteiger partial charge in [0, 0.05) is 50.9 Å². The Bertz CT molecular complexity index is 2390. The van der Waals surface area contributed by atoms with Gasteiger partial charge in [-0.2, -0.15) is 0 Å². The zero-order valence-corrected chi connectivity index (χ0v) is 36.5. The first-order chi connectivity index (χ1) is 29.4. The quantitative estimate of drug-likeness (QED) is 0.0616. The Labute approximate surface area is 371 Å². The number of nitrogens with zero attached hydrogens (tertiary/aromatic N) is 12. The number of rotatable bonds is 19. The number of benzene rings is 4. The third kappa shape index (κ3) is 10.1. The molecule has 0 saturated heterocycles. The van der Waals surface area contributed by atoms with Crippen LogP contribution in [0.3, 0.4) is 0 Å². The average molecular weight is 871 g/mol. The molecule has 0 bridgehead atoms. The van der Waals surface area contributed by atoms with E-state index in [0.29, 0.717) is 59.6 Å². The number of hydrogen-bond donors (Lipinski definition) is 4. The summed E-state index contributed by atoms with van der Waals surface area (Å²) < 4.78 is 8.39. The highest BCUT2D eigenvalue weighted by molar-refractivity contribution is 7.80. The van der Waals surface area contributed by atoms with Gasteiger partial charge in [0.1, 0.15) is 23.3 Å². The van der Waals surface area contributed by atoms with Crippen molar-refractivity contribution >= 4 is 50.5 Å². The van der Waals surface area contributed by atoms with Crippen LogP contribution in [0.5, 0.6) is 0 Å². The first-order valence-electron chi connectivity index (χ1n) is 20.0. The fraction of sp³-hybridized carbons (Fsp3) is 0.273. The second kappa shape index (κ2) is 19.9. The lowest BCUT2D eigenvalue weighted by Gasteiger charge is -2.27. The monoisotopic (exact) mass is 870 g/mol. The van der Waals surface area contributed by atoms with E-state index in [-0.39, 0.29) is 11.8 Å². The van der Waals surface area contributed by atoms with Crippen molar-refractivity contribution in [3.63, 3.8) is 0 Å². The van der Waals surface area contributed by atoms with Crippen molar-refractivity contribution in [2.75, 3.05) is 0 Å². The lowest BCUT2D eigenvalue weighted by molar-refractivity contribution is 0.411. The first-order valence-corrected chi connectivity index (χ1v) is 21.8. The van der Waals surface area contributed by atoms with Gasteiger partial charge in [-0.15, -0.1) is 91.3 Å². The molecule has 0 aliphatic rings. The van der Waals surface area contributed by atoms with Gasteiger partial charge in [-0.1, -0.05) is 121 Å². The molecule has 0 N–H and O–H groups in total. The lowest BCUT2D eigenvalue weighted by Crippen LogP contribution is -2.27. The van der Waals surface area contributed by atoms with Crippen molar-refractivity contribution in [1.29, 1.82) is 0 Å². The molecule has 0 aliphatic heterocycles. The Kier molecular flexibility index (Phi) is 13.8. The highest BCUT2D eigenvalue weighted by Crippen LogP contribution is 2.39. The second-order valence-electron chi connectivity index (χ2n) is 14.7. The molecule has 306 valence electrons. The van der Waals surface area contributed by atoms with Gasteiger partial charge in [-0.25, -0.2) is 0 Å². The van der Waals surface area contributed by atoms with Gasteiger partial charge in [-0.3, -0.25) is 0 Å². The molecule has 4 aromatic heterocycles. The Morgan fingerprint density at radius 1 is 0.333 bits per heavy atom. The summed E-state index contributed by atoms with van der Waals surface area (Å²) in [7, 11) is 0. The average Bonchev–Trinajstić information content (AvgIpc) is 4.05. The van der Waals surface area contributed by atoms with Gasteiger partial charge in [0.25, 0.3) is 0 Å². The molecule has 8 rings (SSSR count). The molecule has 2 atom stereocenters. The van der Waals surface area contributed by atoms with E-state index in [0.717, 1.165) is 49.0 Å². The molecule has 2 unspecified atom stereocenters. The minimum absolute atomic E-state index is 0.364. The van der Waals surface area contributed by atoms with Gasteiger partial charge in [0.15, 0.2) is 20.6 Å². The predicted octanol–water partition coefficient (Wildman–Crippen LogP) is 7.53. The Morgan fingerprint density at radius 3 is 0.917 bits per heavy atom. The van der Waals surface area contributed by atoms with Crippen LogP contribution in [0.25, 0.3) is 0 Å². The zero-order valence-electron chi connectivity index (χ0n) is 32.9. The fourth-order valence-electron chi connectivity index (χ4n) is 7.77. The number of hydrogen-bond acceptors (Lipinski definition) is 12. The maximum absolute atomic E-state index is 4.90. The van der Waals surface area contributed by atoms with Crippen LogP contribution in [0, 0.1) is 0 Å². The highest BCUT2D eigenvalue weighted by atomic mass is 32.1. The summed E-state index contributed by atoms with van der Waals surface area (Å²) in [5.41, 5.74) is 4.83. The van der Waals surface area contributed by atoms with Crippen molar-refractivity contribution in [3.8, 4) is 0 Å². The molecule has 0 saturated carbocycles. The fourth-order valence-corrected chi connectivity index (χ4v) is 8.78. The summed E-state index contributed by atoms with van der Waals surface area (Å²) in [6.45, 7) is 2.51. The molecule has 0 fully saturated rings. The minimum Gasteiger partial charge on any atom is -0.306 e. The van der Waals surface area contributed by atoms with Crippen LogP contribution in [-0.2, 0) is 64.7 Å². The highest BCUT2D eigenvalue weighted by Gasteiger charge is 2.37. The van der Waals surface area contributed by atoms with Crippen LogP contribution >= 0.6 is 50.5 Å². The van der Waals surface area contributed by atoms with Crippen molar-refractivity contribution in [2.24, 2.45) is 0 Å². The van der Waals surface area contributed by atoms with E-state index < -0.39 is 0 Å². The SMILES string of the molecule is Sc1nnc(CC(c2nnc(S)n2CCc2ccccc2)C(Cc2nnc(S)n2CCc2ccccc2)c2nnc(S)n2CCc2ccccc2)n1CCc1ccccc1. The topological polar surface area (TPSA) is 123 Å². The van der Waals surface area contributed by atoms with Gasteiger partial charge in [0.2, 0.25) is 0 Å². The summed E-state index contributed by atoms with van der Waals surface area (Å²) in [5.74, 6) is 2.31. The number of aromatic nitrogens is 12. The van der Waals surface area contributed by atoms with E-state index in [2.05, 4.69) is 136 Å². The van der Waals surface area contributed by atoms with E-state index >= 15 is 0 Å². The van der Waals surface area contributed by atoms with Crippen molar-refractivity contribution < 1.29 is 0 Å². The van der Waals surface area contributed by atoms with Gasteiger partial charge < -0.3 is 18.3 Å². The summed E-state index contributed by atoms with van der Waals surface area (Å²) in [5, 5.41) is 39.6. The molecule has 0 aliphatic carbocycles. The van der Waals surface area contributed by atoms with Crippen LogP contribution in [0.1, 0.15) is 57.4 Å². The van der Waals surface area contributed by atoms with Crippen LogP contribution < -0.4 is 0 Å². The minimum atomic E-state index is -0.364. The standard InChI is InChI=1S/C44H46N12S4/c57-41-49-45-37(53(41)25-21-31-13-5-1-6-14-31)29-35(39-47-51-43(59)55(39)27-23-33-17-9-3-10-18-33)36(40-48-52-44(60)56(40)28-24-34-19-11-4-12-20-34)30-38-46-50-42(58)54(38)26-22-32-15-7-2-8-16-32/h1-20,35-36H,21-30H2,(H,49,57)(H,50,58)(H,51,59)(H,52,60). The van der Waals surface area contributed by atoms with Gasteiger partial charge >= 0.3 is 0 Å². The molecule has 0 spiro atoms. The largest absolute Gasteiger partial charge is 0.306 e. The van der Waals surface area contributed by atoms with E-state index in [1.807, 2.05) is 24.3 Å². The maximum Gasteiger partial charge on any atom is 0.188 e. The second-order valence-corrected chi connectivity index (χ2v) is 16.3. The van der Waals surface area contributed by atoms with Crippen LogP contribution in [0.4, 0.5) is 0 Å². The Morgan fingerprint density at radius 2 is 0.600 bits per heavy atom. The molecule has 4 heterocycles. The molecule has 4 aromatic carbocycles. The molecule has 16 heteroatoms. The summed E-state index contributed by atoms with van der Waals surface area (Å²) in [6, 6.07) is 41.6. The molecule has 8 aromatic rings. The van der Waals surface area contributed by atoms with Crippen molar-refractivity contribution in [2.45, 2.75) is 97.2 Å². The molecule has 12 nitrogen and oxygen atoms in total. The van der Waals surface area contributed by atoms with Crippen LogP contribution in [-0.4, -0.2) is 59.1 Å². The first kappa shape index (κ1) is 41.6. The summed E-state index contributed by atoms with van der Waals surface area (Å²) >= 11 is 19.4. The van der Waals surface area contributed by atoms with Crippen molar-refractivity contribution in [1.82, 2.24) is 59.1 Å². The van der Waals surface area contributed by atoms with Crippen LogP contribution in [0.2, 0.25) is 0 Å². The third-order valence-electron chi connectivity index (χ3n) is 11.0. The van der Waals surface area contributed by atoms with Gasteiger partial charge in [0.05, 0.1) is 0 Å². The molecule has 60 heavy (non-hydrogen) atoms. The molecular weight excluding hydrogens is 825 g/mol. The summed E-state index contributed by atoms with van der Waals surface area (Å²) in [4.78, 5) is 0. The predicted molar refractivity (Wildman–Crippen MR) is 243 cm³/mol. The lowest BCUT2D eigenvalue weighted by atomic mass is 9.84. The number of aryl methyl sites for hydroxylation is 4. The maximum atomic E-state index is 4.90. The normalized spacial score (nSPS) is 12.5. The molecule has 0 amide bonds.